The summed E-state index contributed by atoms with van der Waals surface area (Å²) in [4.78, 5) is 95.8. The lowest BCUT2D eigenvalue weighted by molar-refractivity contribution is -0.128. The average molecular weight is 1250 g/mol. The zero-order valence-electron chi connectivity index (χ0n) is 53.5. The first-order valence-corrected chi connectivity index (χ1v) is 35.4. The van der Waals surface area contributed by atoms with Crippen molar-refractivity contribution in [2.75, 3.05) is 71.0 Å². The number of amides is 7. The summed E-state index contributed by atoms with van der Waals surface area (Å²) in [6.45, 7) is 32.1. The van der Waals surface area contributed by atoms with Crippen molar-refractivity contribution in [3.63, 3.8) is 0 Å². The average Bonchev–Trinajstić information content (AvgIpc) is 1.14. The van der Waals surface area contributed by atoms with Crippen LogP contribution in [0.3, 0.4) is 0 Å². The molecule has 6 N–H and O–H groups in total. The molecule has 23 nitrogen and oxygen atoms in total. The summed E-state index contributed by atoms with van der Waals surface area (Å²) >= 11 is 0. The lowest BCUT2D eigenvalue weighted by atomic mass is 10.0. The molecule has 480 valence electrons. The number of rotatable bonds is 30. The molecule has 0 aromatic heterocycles. The van der Waals surface area contributed by atoms with Crippen LogP contribution >= 0.6 is 0 Å². The van der Waals surface area contributed by atoms with E-state index in [9.17, 15) is 33.6 Å². The van der Waals surface area contributed by atoms with E-state index >= 15 is 0 Å². The first-order valence-electron chi connectivity index (χ1n) is 29.6. The molecule has 2 heterocycles. The quantitative estimate of drug-likeness (QED) is 0.0236. The third-order valence-corrected chi connectivity index (χ3v) is 25.4. The molecule has 0 spiro atoms. The molecular weight excluding hydrogens is 1150 g/mol. The van der Waals surface area contributed by atoms with Crippen LogP contribution in [0.25, 0.3) is 0 Å². The van der Waals surface area contributed by atoms with Crippen LogP contribution in [0.2, 0.25) is 36.3 Å². The Bertz CT molecular complexity index is 2910. The molecule has 7 amide bonds. The van der Waals surface area contributed by atoms with Crippen molar-refractivity contribution in [1.29, 1.82) is 0 Å². The normalized spacial score (nSPS) is 15.8. The molecule has 0 bridgehead atoms. The van der Waals surface area contributed by atoms with E-state index in [1.807, 2.05) is 0 Å². The van der Waals surface area contributed by atoms with Crippen LogP contribution in [0.5, 0.6) is 28.7 Å². The van der Waals surface area contributed by atoms with Gasteiger partial charge in [0.1, 0.15) is 31.0 Å². The number of likely N-dealkylation sites (tertiary alicyclic amines) is 2. The Hall–Kier alpha value is -7.36. The molecule has 2 saturated heterocycles. The van der Waals surface area contributed by atoms with E-state index in [0.29, 0.717) is 56.8 Å². The molecule has 25 heteroatoms. The summed E-state index contributed by atoms with van der Waals surface area (Å²) in [5.74, 6) is -1.07. The monoisotopic (exact) mass is 1250 g/mol. The number of ether oxygens (including phenoxy) is 7. The molecule has 87 heavy (non-hydrogen) atoms. The number of alkyl carbamates (subject to hydrolysis) is 1. The van der Waals surface area contributed by atoms with Gasteiger partial charge in [-0.3, -0.25) is 24.5 Å². The lowest BCUT2D eigenvalue weighted by Gasteiger charge is -2.44. The fourth-order valence-electron chi connectivity index (χ4n) is 8.58. The fourth-order valence-corrected chi connectivity index (χ4v) is 10.7. The van der Waals surface area contributed by atoms with E-state index in [-0.39, 0.29) is 112 Å². The minimum absolute atomic E-state index is 0.00536. The molecular formula is C62H93N7O16Si2. The van der Waals surface area contributed by atoms with Crippen molar-refractivity contribution in [3.8, 4) is 28.7 Å². The molecule has 5 rings (SSSR count). The summed E-state index contributed by atoms with van der Waals surface area (Å²) in [5, 5.41) is 10.6. The minimum Gasteiger partial charge on any atom is -0.493 e. The Morgan fingerprint density at radius 1 is 0.655 bits per heavy atom. The second-order valence-corrected chi connectivity index (χ2v) is 34.7. The second kappa shape index (κ2) is 31.0. The molecule has 2 fully saturated rings. The second-order valence-electron chi connectivity index (χ2n) is 25.1. The molecule has 0 saturated carbocycles. The number of nitrogens with one attached hydrogen (secondary N) is 4. The highest BCUT2D eigenvalue weighted by atomic mass is 28.4. The van der Waals surface area contributed by atoms with Gasteiger partial charge in [-0.15, -0.1) is 0 Å². The van der Waals surface area contributed by atoms with Crippen LogP contribution in [-0.2, 0) is 34.5 Å². The highest BCUT2D eigenvalue weighted by molar-refractivity contribution is 6.74. The van der Waals surface area contributed by atoms with Gasteiger partial charge in [0, 0.05) is 37.0 Å². The van der Waals surface area contributed by atoms with Crippen LogP contribution in [0.4, 0.5) is 25.8 Å². The Morgan fingerprint density at radius 2 is 1.17 bits per heavy atom. The standard InChI is InChI=1S/C62H93N7O16Si2/c1-17-29-81-60(76)67-53(39(2)3)55(71)64-40(4)54(70)65-42-23-21-41(22-24-42)36-82-59(75)66-47-34-51(49(77-11)32-45(47)56(72)68-27-25-43(68)37-83-86(13,14)61(5,6)7)79-30-19-18-20-31-80-52-35-48(85-58(63)74)46(33-50(52)78-12)57(73)69-28-26-44(69)38-84-87(15,16)62(8,9)10/h17,21-24,32-35,39-40,43-44,53H,1,18-20,25-31,36-38H2,2-16H3,(H2,63,74)(H,64,71)(H,65,70)(H,66,75)(H,67,76). The predicted molar refractivity (Wildman–Crippen MR) is 336 cm³/mol. The van der Waals surface area contributed by atoms with Gasteiger partial charge < -0.3 is 73.5 Å². The van der Waals surface area contributed by atoms with Gasteiger partial charge >= 0.3 is 18.3 Å². The predicted octanol–water partition coefficient (Wildman–Crippen LogP) is 10.4. The Labute approximate surface area is 514 Å². The highest BCUT2D eigenvalue weighted by Crippen LogP contribution is 2.41. The van der Waals surface area contributed by atoms with Crippen molar-refractivity contribution in [2.24, 2.45) is 11.7 Å². The van der Waals surface area contributed by atoms with E-state index in [0.717, 1.165) is 12.8 Å². The molecule has 4 atom stereocenters. The van der Waals surface area contributed by atoms with Crippen molar-refractivity contribution in [1.82, 2.24) is 20.4 Å². The van der Waals surface area contributed by atoms with E-state index in [4.69, 9.17) is 47.7 Å². The number of nitrogens with zero attached hydrogens (tertiary/aromatic N) is 2. The Kier molecular flexibility index (Phi) is 25.1. The zero-order valence-corrected chi connectivity index (χ0v) is 55.5. The Morgan fingerprint density at radius 3 is 1.64 bits per heavy atom. The molecule has 0 radical (unpaired) electrons. The maximum atomic E-state index is 14.4. The largest absolute Gasteiger partial charge is 0.493 e. The zero-order chi connectivity index (χ0) is 64.6. The number of anilines is 2. The molecule has 0 aliphatic carbocycles. The van der Waals surface area contributed by atoms with Crippen LogP contribution in [0, 0.1) is 5.92 Å². The van der Waals surface area contributed by atoms with Gasteiger partial charge in [-0.05, 0) is 105 Å². The number of methoxy groups -OCH3 is 2. The van der Waals surface area contributed by atoms with Crippen molar-refractivity contribution >= 4 is 69.9 Å². The highest BCUT2D eigenvalue weighted by Gasteiger charge is 2.43. The number of carbonyl (C=O) groups excluding carboxylic acids is 7. The smallest absolute Gasteiger partial charge is 0.411 e. The maximum absolute atomic E-state index is 14.4. The summed E-state index contributed by atoms with van der Waals surface area (Å²) in [6.07, 6.45) is 1.95. The Balaban J connectivity index is 1.22. The van der Waals surface area contributed by atoms with E-state index in [1.54, 1.807) is 54.0 Å². The van der Waals surface area contributed by atoms with Crippen LogP contribution in [-0.4, -0.2) is 153 Å². The van der Waals surface area contributed by atoms with Crippen molar-refractivity contribution in [3.05, 3.63) is 77.9 Å². The molecule has 2 aliphatic rings. The third kappa shape index (κ3) is 19.6. The van der Waals surface area contributed by atoms with Gasteiger partial charge in [0.2, 0.25) is 11.8 Å². The number of hydrogen-bond donors (Lipinski definition) is 5. The first kappa shape index (κ1) is 70.4. The molecule has 2 aliphatic heterocycles. The van der Waals surface area contributed by atoms with Crippen LogP contribution in [0.1, 0.15) is 121 Å². The van der Waals surface area contributed by atoms with Gasteiger partial charge in [0.05, 0.1) is 69.5 Å². The summed E-state index contributed by atoms with van der Waals surface area (Å²) in [5.41, 5.74) is 6.84. The van der Waals surface area contributed by atoms with Gasteiger partial charge in [-0.1, -0.05) is 80.2 Å². The van der Waals surface area contributed by atoms with Crippen molar-refractivity contribution in [2.45, 2.75) is 161 Å². The number of benzene rings is 3. The summed E-state index contributed by atoms with van der Waals surface area (Å²) in [6, 6.07) is 10.3. The van der Waals surface area contributed by atoms with Crippen LogP contribution < -0.4 is 50.7 Å². The minimum atomic E-state index is -2.13. The maximum Gasteiger partial charge on any atom is 0.411 e. The van der Waals surface area contributed by atoms with Gasteiger partial charge in [-0.25, -0.2) is 14.4 Å². The van der Waals surface area contributed by atoms with Crippen molar-refractivity contribution < 1.29 is 75.6 Å². The van der Waals surface area contributed by atoms with Crippen LogP contribution in [0.15, 0.2) is 61.2 Å². The third-order valence-electron chi connectivity index (χ3n) is 16.4. The molecule has 3 aromatic rings. The van der Waals surface area contributed by atoms with Gasteiger partial charge in [-0.2, -0.15) is 0 Å². The van der Waals surface area contributed by atoms with E-state index in [1.165, 1.54) is 45.4 Å². The number of hydrogen-bond acceptors (Lipinski definition) is 16. The summed E-state index contributed by atoms with van der Waals surface area (Å²) in [7, 11) is -1.28. The SMILES string of the molecule is C=CCOC(=O)NC(C(=O)NC(C)C(=O)Nc1ccc(COC(=O)Nc2cc(OCCCCCOc3cc(OC(N)=O)c(C(=O)N4CCC4CO[Si](C)(C)C(C)(C)C)cc3OC)c(OC)cc2C(=O)N2CCC2CO[Si](C)(C)C(C)(C)C)cc1)C(C)C. The molecule has 3 aromatic carbocycles. The fraction of sp³-hybridized carbons (Fsp3) is 0.565. The lowest BCUT2D eigenvalue weighted by Crippen LogP contribution is -2.55. The number of unbranched alkanes of at least 4 members (excludes halogenated alkanes) is 2. The summed E-state index contributed by atoms with van der Waals surface area (Å²) < 4.78 is 52.6. The van der Waals surface area contributed by atoms with E-state index in [2.05, 4.69) is 95.6 Å². The topological polar surface area (TPSA) is 283 Å². The number of primary amides is 1. The number of carbonyl (C=O) groups is 7. The molecule has 4 unspecified atom stereocenters. The van der Waals surface area contributed by atoms with Gasteiger partial charge in [0.25, 0.3) is 11.8 Å². The number of nitrogens with two attached hydrogens (primary N) is 1. The van der Waals surface area contributed by atoms with E-state index < -0.39 is 58.8 Å². The van der Waals surface area contributed by atoms with Gasteiger partial charge in [0.15, 0.2) is 39.6 Å². The first-order chi connectivity index (χ1) is 40.8.